The first-order valence-electron chi connectivity index (χ1n) is 7.08. The number of rotatable bonds is 8. The number of thiazole rings is 1. The molecule has 3 nitrogen and oxygen atoms in total. The number of thiophene rings is 1. The van der Waals surface area contributed by atoms with Gasteiger partial charge in [0.2, 0.25) is 0 Å². The van der Waals surface area contributed by atoms with Crippen LogP contribution in [0.1, 0.15) is 29.4 Å². The van der Waals surface area contributed by atoms with Gasteiger partial charge in [-0.3, -0.25) is 4.90 Å². The molecule has 0 atom stereocenters. The molecule has 0 unspecified atom stereocenters. The summed E-state index contributed by atoms with van der Waals surface area (Å²) < 4.78 is 1.17. The van der Waals surface area contributed by atoms with Crippen molar-refractivity contribution in [2.45, 2.75) is 33.5 Å². The average molecular weight is 388 g/mol. The normalized spacial score (nSPS) is 11.7. The third kappa shape index (κ3) is 6.16. The molecule has 6 heteroatoms. The third-order valence-electron chi connectivity index (χ3n) is 2.91. The van der Waals surface area contributed by atoms with E-state index in [1.54, 1.807) is 22.7 Å². The smallest absolute Gasteiger partial charge is 0.107 e. The Morgan fingerprint density at radius 2 is 2.10 bits per heavy atom. The molecule has 1 N–H and O–H groups in total. The molecular formula is C15H22BrN3S2. The van der Waals surface area contributed by atoms with Crippen molar-refractivity contribution in [1.82, 2.24) is 15.2 Å². The van der Waals surface area contributed by atoms with Crippen LogP contribution < -0.4 is 5.32 Å². The van der Waals surface area contributed by atoms with Crippen molar-refractivity contribution in [1.29, 1.82) is 0 Å². The highest BCUT2D eigenvalue weighted by molar-refractivity contribution is 9.10. The van der Waals surface area contributed by atoms with E-state index in [9.17, 15) is 0 Å². The molecule has 2 rings (SSSR count). The summed E-state index contributed by atoms with van der Waals surface area (Å²) in [4.78, 5) is 8.38. The first kappa shape index (κ1) is 17.1. The average Bonchev–Trinajstić information content (AvgIpc) is 2.98. The highest BCUT2D eigenvalue weighted by Crippen LogP contribution is 2.21. The predicted octanol–water partition coefficient (Wildman–Crippen LogP) is 4.34. The van der Waals surface area contributed by atoms with Gasteiger partial charge in [0.25, 0.3) is 0 Å². The Balaban J connectivity index is 1.78. The zero-order valence-electron chi connectivity index (χ0n) is 12.7. The minimum absolute atomic E-state index is 0.681. The van der Waals surface area contributed by atoms with E-state index in [2.05, 4.69) is 63.9 Å². The lowest BCUT2D eigenvalue weighted by Gasteiger charge is -2.13. The van der Waals surface area contributed by atoms with E-state index in [1.165, 1.54) is 20.1 Å². The summed E-state index contributed by atoms with van der Waals surface area (Å²) in [5.41, 5.74) is 1.17. The molecule has 0 saturated carbocycles. The molecule has 0 radical (unpaired) electrons. The summed E-state index contributed by atoms with van der Waals surface area (Å²) >= 11 is 7.04. The summed E-state index contributed by atoms with van der Waals surface area (Å²) in [6.45, 7) is 8.23. The van der Waals surface area contributed by atoms with Crippen LogP contribution in [-0.2, 0) is 19.6 Å². The van der Waals surface area contributed by atoms with Gasteiger partial charge in [0.15, 0.2) is 0 Å². The molecule has 0 aromatic carbocycles. The number of hydrogen-bond donors (Lipinski definition) is 1. The van der Waals surface area contributed by atoms with Crippen molar-refractivity contribution in [2.75, 3.05) is 13.6 Å². The SMILES string of the molecule is CC(C)CNCc1nc(CN(C)Cc2cc(Br)cs2)cs1. The van der Waals surface area contributed by atoms with Crippen LogP contribution in [0.25, 0.3) is 0 Å². The third-order valence-corrected chi connectivity index (χ3v) is 5.49. The maximum Gasteiger partial charge on any atom is 0.107 e. The first-order chi connectivity index (χ1) is 10.0. The standard InChI is InChI=1S/C15H22BrN3S2/c1-11(2)5-17-6-15-18-13(10-21-15)7-19(3)8-14-4-12(16)9-20-14/h4,9-11,17H,5-8H2,1-3H3. The van der Waals surface area contributed by atoms with Gasteiger partial charge in [0.05, 0.1) is 5.69 Å². The van der Waals surface area contributed by atoms with Gasteiger partial charge in [-0.05, 0) is 41.5 Å². The van der Waals surface area contributed by atoms with E-state index in [0.29, 0.717) is 5.92 Å². The van der Waals surface area contributed by atoms with Gasteiger partial charge >= 0.3 is 0 Å². The summed E-state index contributed by atoms with van der Waals surface area (Å²) in [6, 6.07) is 2.18. The van der Waals surface area contributed by atoms with Crippen LogP contribution in [0.3, 0.4) is 0 Å². The number of nitrogens with one attached hydrogen (secondary N) is 1. The zero-order valence-corrected chi connectivity index (χ0v) is 15.9. The minimum Gasteiger partial charge on any atom is -0.310 e. The van der Waals surface area contributed by atoms with Crippen molar-refractivity contribution in [2.24, 2.45) is 5.92 Å². The number of hydrogen-bond acceptors (Lipinski definition) is 5. The summed E-state index contributed by atoms with van der Waals surface area (Å²) in [7, 11) is 2.14. The van der Waals surface area contributed by atoms with Crippen LogP contribution in [0.2, 0.25) is 0 Å². The predicted molar refractivity (Wildman–Crippen MR) is 95.8 cm³/mol. The van der Waals surface area contributed by atoms with E-state index in [4.69, 9.17) is 4.98 Å². The largest absolute Gasteiger partial charge is 0.310 e. The van der Waals surface area contributed by atoms with Gasteiger partial charge in [0, 0.05) is 39.7 Å². The fourth-order valence-electron chi connectivity index (χ4n) is 2.01. The van der Waals surface area contributed by atoms with Gasteiger partial charge in [0.1, 0.15) is 5.01 Å². The van der Waals surface area contributed by atoms with E-state index in [-0.39, 0.29) is 0 Å². The zero-order chi connectivity index (χ0) is 15.2. The lowest BCUT2D eigenvalue weighted by molar-refractivity contribution is 0.318. The molecule has 0 aliphatic carbocycles. The van der Waals surface area contributed by atoms with Gasteiger partial charge < -0.3 is 5.32 Å². The Morgan fingerprint density at radius 3 is 2.76 bits per heavy atom. The maximum atomic E-state index is 4.70. The lowest BCUT2D eigenvalue weighted by Crippen LogP contribution is -2.19. The molecule has 0 aliphatic rings. The fourth-order valence-corrected chi connectivity index (χ4v) is 4.29. The van der Waals surface area contributed by atoms with Crippen LogP contribution in [0.4, 0.5) is 0 Å². The second kappa shape index (κ2) is 8.39. The first-order valence-corrected chi connectivity index (χ1v) is 9.63. The molecule has 0 saturated heterocycles. The summed E-state index contributed by atoms with van der Waals surface area (Å²) in [6.07, 6.45) is 0. The molecule has 0 amide bonds. The van der Waals surface area contributed by atoms with Crippen LogP contribution in [0.5, 0.6) is 0 Å². The molecule has 0 bridgehead atoms. The topological polar surface area (TPSA) is 28.2 Å². The fraction of sp³-hybridized carbons (Fsp3) is 0.533. The Labute approximate surface area is 143 Å². The summed E-state index contributed by atoms with van der Waals surface area (Å²) in [5.74, 6) is 0.681. The van der Waals surface area contributed by atoms with Crippen molar-refractivity contribution in [3.05, 3.63) is 36.9 Å². The molecule has 2 heterocycles. The Hall–Kier alpha value is -0.270. The monoisotopic (exact) mass is 387 g/mol. The summed E-state index contributed by atoms with van der Waals surface area (Å²) in [5, 5.41) is 8.92. The van der Waals surface area contributed by atoms with Crippen molar-refractivity contribution < 1.29 is 0 Å². The second-order valence-electron chi connectivity index (χ2n) is 5.66. The van der Waals surface area contributed by atoms with Crippen LogP contribution >= 0.6 is 38.6 Å². The van der Waals surface area contributed by atoms with Gasteiger partial charge in [-0.25, -0.2) is 4.98 Å². The van der Waals surface area contributed by atoms with Crippen LogP contribution in [0.15, 0.2) is 21.3 Å². The molecule has 2 aromatic heterocycles. The minimum atomic E-state index is 0.681. The van der Waals surface area contributed by atoms with Gasteiger partial charge in [-0.1, -0.05) is 13.8 Å². The Kier molecular flexibility index (Phi) is 6.82. The van der Waals surface area contributed by atoms with E-state index in [1.807, 2.05) is 0 Å². The number of aromatic nitrogens is 1. The van der Waals surface area contributed by atoms with E-state index >= 15 is 0 Å². The number of halogens is 1. The van der Waals surface area contributed by atoms with Gasteiger partial charge in [-0.2, -0.15) is 0 Å². The van der Waals surface area contributed by atoms with Crippen molar-refractivity contribution >= 4 is 38.6 Å². The quantitative estimate of drug-likeness (QED) is 0.729. The maximum absolute atomic E-state index is 4.70. The number of nitrogens with zero attached hydrogens (tertiary/aromatic N) is 2. The van der Waals surface area contributed by atoms with Crippen LogP contribution in [0, 0.1) is 5.92 Å². The molecule has 0 fully saturated rings. The van der Waals surface area contributed by atoms with Gasteiger partial charge in [-0.15, -0.1) is 22.7 Å². The Morgan fingerprint density at radius 1 is 1.29 bits per heavy atom. The van der Waals surface area contributed by atoms with Crippen LogP contribution in [-0.4, -0.2) is 23.5 Å². The molecule has 2 aromatic rings. The second-order valence-corrected chi connectivity index (χ2v) is 8.51. The Bertz CT molecular complexity index is 551. The lowest BCUT2D eigenvalue weighted by atomic mass is 10.2. The van der Waals surface area contributed by atoms with Crippen molar-refractivity contribution in [3.63, 3.8) is 0 Å². The molecule has 0 spiro atoms. The van der Waals surface area contributed by atoms with E-state index in [0.717, 1.165) is 26.2 Å². The molecule has 0 aliphatic heterocycles. The van der Waals surface area contributed by atoms with E-state index < -0.39 is 0 Å². The molecular weight excluding hydrogens is 366 g/mol. The molecule has 116 valence electrons. The highest BCUT2D eigenvalue weighted by Gasteiger charge is 2.07. The van der Waals surface area contributed by atoms with Crippen molar-refractivity contribution in [3.8, 4) is 0 Å². The highest BCUT2D eigenvalue weighted by atomic mass is 79.9. The molecule has 21 heavy (non-hydrogen) atoms.